The highest BCUT2D eigenvalue weighted by molar-refractivity contribution is 5.55. The van der Waals surface area contributed by atoms with Gasteiger partial charge >= 0.3 is 0 Å². The van der Waals surface area contributed by atoms with Crippen molar-refractivity contribution in [1.29, 1.82) is 0 Å². The van der Waals surface area contributed by atoms with Crippen LogP contribution in [0.1, 0.15) is 54.4 Å². The maximum absolute atomic E-state index is 4.38. The normalized spacial score (nSPS) is 13.5. The number of nitrogens with one attached hydrogen (secondary N) is 2. The molecule has 0 aliphatic carbocycles. The molecule has 0 saturated heterocycles. The van der Waals surface area contributed by atoms with E-state index in [9.17, 15) is 0 Å². The second kappa shape index (κ2) is 10.6. The molecule has 0 heterocycles. The Hall–Kier alpha value is -1.10. The average molecular weight is 312 g/mol. The molecule has 0 radical (unpaired) electrons. The molecule has 0 spiro atoms. The van der Waals surface area contributed by atoms with Crippen molar-refractivity contribution >= 4 is 12.7 Å². The van der Waals surface area contributed by atoms with E-state index in [-0.39, 0.29) is 11.1 Å². The van der Waals surface area contributed by atoms with Crippen molar-refractivity contribution in [3.63, 3.8) is 0 Å². The molecule has 0 aliphatic heterocycles. The van der Waals surface area contributed by atoms with Gasteiger partial charge in [-0.15, -0.1) is 0 Å². The lowest BCUT2D eigenvalue weighted by Gasteiger charge is -2.18. The van der Waals surface area contributed by atoms with Crippen molar-refractivity contribution in [1.82, 2.24) is 15.5 Å². The molecule has 2 N–H and O–H groups in total. The molecule has 0 rings (SSSR count). The number of hydrogen-bond acceptors (Lipinski definition) is 3. The molecule has 0 aliphatic rings. The summed E-state index contributed by atoms with van der Waals surface area (Å²) in [5.74, 6) is 0. The van der Waals surface area contributed by atoms with Gasteiger partial charge in [0.1, 0.15) is 0 Å². The number of hydrogen-bond donors (Lipinski definition) is 2. The first-order valence-corrected chi connectivity index (χ1v) is 8.31. The summed E-state index contributed by atoms with van der Waals surface area (Å²) in [5, 5.41) is 6.49. The summed E-state index contributed by atoms with van der Waals surface area (Å²) >= 11 is 0. The second-order valence-corrected chi connectivity index (χ2v) is 7.87. The van der Waals surface area contributed by atoms with Crippen LogP contribution in [0.4, 0.5) is 0 Å². The smallest absolute Gasteiger partial charge is 0.0827 e. The van der Waals surface area contributed by atoms with Gasteiger partial charge in [0.2, 0.25) is 0 Å². The molecule has 0 fully saturated rings. The van der Waals surface area contributed by atoms with Crippen LogP contribution >= 0.6 is 0 Å². The van der Waals surface area contributed by atoms with E-state index < -0.39 is 0 Å². The maximum atomic E-state index is 4.38. The van der Waals surface area contributed by atoms with Gasteiger partial charge in [0.05, 0.1) is 12.7 Å². The Bertz CT molecular complexity index is 291. The van der Waals surface area contributed by atoms with Gasteiger partial charge in [-0.25, -0.2) is 0 Å². The molecule has 5 heteroatoms. The van der Waals surface area contributed by atoms with E-state index in [1.165, 1.54) is 0 Å². The molecule has 22 heavy (non-hydrogen) atoms. The molecule has 0 amide bonds. The van der Waals surface area contributed by atoms with Gasteiger partial charge in [0.25, 0.3) is 0 Å². The average Bonchev–Trinajstić information content (AvgIpc) is 2.35. The zero-order chi connectivity index (χ0) is 17.1. The molecule has 0 unspecified atom stereocenters. The van der Waals surface area contributed by atoms with Gasteiger partial charge in [0.15, 0.2) is 0 Å². The van der Waals surface area contributed by atoms with Crippen molar-refractivity contribution in [3.8, 4) is 0 Å². The molecular weight excluding hydrogens is 274 g/mol. The van der Waals surface area contributed by atoms with Gasteiger partial charge < -0.3 is 15.5 Å². The lowest BCUT2D eigenvalue weighted by atomic mass is 10.1. The van der Waals surface area contributed by atoms with E-state index >= 15 is 0 Å². The van der Waals surface area contributed by atoms with E-state index in [2.05, 4.69) is 74.1 Å². The third kappa shape index (κ3) is 17.0. The first kappa shape index (κ1) is 20.9. The molecule has 5 nitrogen and oxygen atoms in total. The number of aliphatic imine (C=N–C) groups is 2. The second-order valence-electron chi connectivity index (χ2n) is 7.87. The molecule has 130 valence electrons. The monoisotopic (exact) mass is 311 g/mol. The van der Waals surface area contributed by atoms with Crippen LogP contribution in [0.25, 0.3) is 0 Å². The Labute approximate surface area is 137 Å². The summed E-state index contributed by atoms with van der Waals surface area (Å²) in [5.41, 5.74) is 0.200. The minimum absolute atomic E-state index is 0.0999. The number of rotatable bonds is 10. The molecule has 0 aromatic carbocycles. The highest BCUT2D eigenvalue weighted by Crippen LogP contribution is 1.97. The van der Waals surface area contributed by atoms with Crippen molar-refractivity contribution in [2.75, 3.05) is 33.2 Å². The standard InChI is InChI=1S/C17H37N5/c1-16(2,3)20-14-18-10-8-12-22(7)13-9-11-19-15-21-17(4,5)6/h14-15H,8-13H2,1-7H3,(H,18,20)(H,19,21). The summed E-state index contributed by atoms with van der Waals surface area (Å²) < 4.78 is 0. The Kier molecular flexibility index (Phi) is 10.1. The highest BCUT2D eigenvalue weighted by atomic mass is 15.1. The van der Waals surface area contributed by atoms with Gasteiger partial charge in [-0.1, -0.05) is 0 Å². The fourth-order valence-electron chi connectivity index (χ4n) is 1.58. The zero-order valence-electron chi connectivity index (χ0n) is 15.7. The van der Waals surface area contributed by atoms with E-state index in [1.807, 2.05) is 12.7 Å². The first-order chi connectivity index (χ1) is 10.1. The SMILES string of the molecule is CN(CCCN=CNC(C)(C)C)CCCN=CNC(C)(C)C. The van der Waals surface area contributed by atoms with Crippen LogP contribution in [-0.2, 0) is 0 Å². The van der Waals surface area contributed by atoms with Crippen LogP contribution < -0.4 is 10.6 Å². The maximum Gasteiger partial charge on any atom is 0.0827 e. The van der Waals surface area contributed by atoms with Crippen molar-refractivity contribution in [3.05, 3.63) is 0 Å². The third-order valence-electron chi connectivity index (χ3n) is 2.83. The van der Waals surface area contributed by atoms with Gasteiger partial charge in [-0.2, -0.15) is 0 Å². The Morgan fingerprint density at radius 2 is 1.14 bits per heavy atom. The van der Waals surface area contributed by atoms with Crippen molar-refractivity contribution < 1.29 is 0 Å². The Morgan fingerprint density at radius 1 is 0.773 bits per heavy atom. The van der Waals surface area contributed by atoms with Gasteiger partial charge in [-0.3, -0.25) is 9.98 Å². The van der Waals surface area contributed by atoms with Crippen LogP contribution in [0.2, 0.25) is 0 Å². The summed E-state index contributed by atoms with van der Waals surface area (Å²) in [4.78, 5) is 11.1. The lowest BCUT2D eigenvalue weighted by Crippen LogP contribution is -2.34. The number of nitrogens with zero attached hydrogens (tertiary/aromatic N) is 3. The fourth-order valence-corrected chi connectivity index (χ4v) is 1.58. The summed E-state index contributed by atoms with van der Waals surface area (Å²) in [7, 11) is 2.16. The summed E-state index contributed by atoms with van der Waals surface area (Å²) in [6, 6.07) is 0. The minimum Gasteiger partial charge on any atom is -0.372 e. The van der Waals surface area contributed by atoms with E-state index in [4.69, 9.17) is 0 Å². The first-order valence-electron chi connectivity index (χ1n) is 8.31. The third-order valence-corrected chi connectivity index (χ3v) is 2.83. The Morgan fingerprint density at radius 3 is 1.45 bits per heavy atom. The van der Waals surface area contributed by atoms with Gasteiger partial charge in [0, 0.05) is 24.2 Å². The lowest BCUT2D eigenvalue weighted by molar-refractivity contribution is 0.329. The Balaban J connectivity index is 3.53. The summed E-state index contributed by atoms with van der Waals surface area (Å²) in [6.45, 7) is 16.7. The highest BCUT2D eigenvalue weighted by Gasteiger charge is 2.05. The van der Waals surface area contributed by atoms with Crippen LogP contribution in [-0.4, -0.2) is 61.9 Å². The van der Waals surface area contributed by atoms with Crippen LogP contribution in [0.3, 0.4) is 0 Å². The van der Waals surface area contributed by atoms with Crippen LogP contribution in [0, 0.1) is 0 Å². The molecule has 0 saturated carbocycles. The molecule has 0 aromatic rings. The van der Waals surface area contributed by atoms with Crippen molar-refractivity contribution in [2.24, 2.45) is 9.98 Å². The minimum atomic E-state index is 0.0999. The molecule has 0 atom stereocenters. The van der Waals surface area contributed by atoms with Crippen molar-refractivity contribution in [2.45, 2.75) is 65.5 Å². The summed E-state index contributed by atoms with van der Waals surface area (Å²) in [6.07, 6.45) is 5.84. The predicted molar refractivity (Wildman–Crippen MR) is 99.2 cm³/mol. The van der Waals surface area contributed by atoms with E-state index in [1.54, 1.807) is 0 Å². The zero-order valence-corrected chi connectivity index (χ0v) is 15.7. The largest absolute Gasteiger partial charge is 0.372 e. The van der Waals surface area contributed by atoms with Crippen LogP contribution in [0.15, 0.2) is 9.98 Å². The van der Waals surface area contributed by atoms with E-state index in [0.717, 1.165) is 39.0 Å². The molecule has 0 aromatic heterocycles. The fraction of sp³-hybridized carbons (Fsp3) is 0.882. The molecular formula is C17H37N5. The molecule has 0 bridgehead atoms. The quantitative estimate of drug-likeness (QED) is 0.370. The van der Waals surface area contributed by atoms with E-state index in [0.29, 0.717) is 0 Å². The van der Waals surface area contributed by atoms with Gasteiger partial charge in [-0.05, 0) is 74.5 Å². The topological polar surface area (TPSA) is 52.0 Å². The van der Waals surface area contributed by atoms with Crippen LogP contribution in [0.5, 0.6) is 0 Å². The predicted octanol–water partition coefficient (Wildman–Crippen LogP) is 2.53.